The van der Waals surface area contributed by atoms with E-state index in [0.717, 1.165) is 17.8 Å². The van der Waals surface area contributed by atoms with Crippen molar-refractivity contribution in [2.75, 3.05) is 0 Å². The summed E-state index contributed by atoms with van der Waals surface area (Å²) in [5, 5.41) is 8.81. The fraction of sp³-hybridized carbons (Fsp3) is 0.125. The molecule has 0 saturated heterocycles. The van der Waals surface area contributed by atoms with E-state index in [0.29, 0.717) is 5.56 Å². The number of rotatable bonds is 2. The molecule has 1 aromatic carbocycles. The molecule has 20 heavy (non-hydrogen) atoms. The molecule has 3 rings (SSSR count). The van der Waals surface area contributed by atoms with Crippen LogP contribution >= 0.6 is 12.4 Å². The second kappa shape index (κ2) is 5.77. The number of hydrogen-bond donors (Lipinski definition) is 0. The highest BCUT2D eigenvalue weighted by Gasteiger charge is 2.08. The molecular formula is C16H14ClN3. The molecule has 0 atom stereocenters. The van der Waals surface area contributed by atoms with Crippen LogP contribution in [0, 0.1) is 18.3 Å². The minimum Gasteiger partial charge on any atom is -0.303 e. The lowest BCUT2D eigenvalue weighted by atomic mass is 10.1. The molecule has 0 aliphatic carbocycles. The molecule has 0 radical (unpaired) electrons. The predicted molar refractivity (Wildman–Crippen MR) is 81.1 cm³/mol. The Labute approximate surface area is 123 Å². The lowest BCUT2D eigenvalue weighted by Crippen LogP contribution is -1.96. The summed E-state index contributed by atoms with van der Waals surface area (Å²) in [6.45, 7) is 2.03. The van der Waals surface area contributed by atoms with Crippen LogP contribution in [0.4, 0.5) is 0 Å². The molecular weight excluding hydrogens is 270 g/mol. The number of benzene rings is 1. The summed E-state index contributed by atoms with van der Waals surface area (Å²) in [6, 6.07) is 15.9. The molecule has 3 aromatic rings. The summed E-state index contributed by atoms with van der Waals surface area (Å²) >= 11 is 0. The van der Waals surface area contributed by atoms with Crippen LogP contribution in [0.25, 0.3) is 5.65 Å². The Bertz CT molecular complexity index is 767. The van der Waals surface area contributed by atoms with Crippen LogP contribution in [0.1, 0.15) is 22.5 Å². The molecule has 0 fully saturated rings. The molecule has 2 aromatic heterocycles. The first-order valence-corrected chi connectivity index (χ1v) is 6.19. The molecule has 0 unspecified atom stereocenters. The first-order chi connectivity index (χ1) is 9.28. The van der Waals surface area contributed by atoms with E-state index in [1.54, 1.807) is 0 Å². The molecule has 0 aliphatic rings. The van der Waals surface area contributed by atoms with Crippen molar-refractivity contribution in [3.05, 3.63) is 71.2 Å². The number of pyridine rings is 1. The van der Waals surface area contributed by atoms with Crippen molar-refractivity contribution in [1.29, 1.82) is 5.26 Å². The Hall–Kier alpha value is -2.31. The van der Waals surface area contributed by atoms with Gasteiger partial charge in [0.05, 0.1) is 17.3 Å². The third kappa shape index (κ3) is 2.52. The van der Waals surface area contributed by atoms with Gasteiger partial charge >= 0.3 is 0 Å². The minimum atomic E-state index is 0. The molecule has 100 valence electrons. The van der Waals surface area contributed by atoms with E-state index in [9.17, 15) is 0 Å². The van der Waals surface area contributed by atoms with Crippen molar-refractivity contribution in [2.45, 2.75) is 13.3 Å². The third-order valence-electron chi connectivity index (χ3n) is 3.28. The number of halogens is 1. The second-order valence-electron chi connectivity index (χ2n) is 4.56. The van der Waals surface area contributed by atoms with Gasteiger partial charge in [-0.1, -0.05) is 18.2 Å². The zero-order chi connectivity index (χ0) is 13.2. The molecule has 0 N–H and O–H groups in total. The van der Waals surface area contributed by atoms with Crippen LogP contribution in [0.2, 0.25) is 0 Å². The molecule has 2 heterocycles. The van der Waals surface area contributed by atoms with Crippen LogP contribution in [-0.4, -0.2) is 9.38 Å². The van der Waals surface area contributed by atoms with E-state index >= 15 is 0 Å². The average Bonchev–Trinajstić information content (AvgIpc) is 2.76. The van der Waals surface area contributed by atoms with Gasteiger partial charge in [0, 0.05) is 18.3 Å². The zero-order valence-corrected chi connectivity index (χ0v) is 11.9. The number of hydrogen-bond acceptors (Lipinski definition) is 2. The molecule has 0 bridgehead atoms. The summed E-state index contributed by atoms with van der Waals surface area (Å²) in [5.41, 5.74) is 5.10. The smallest absolute Gasteiger partial charge is 0.137 e. The van der Waals surface area contributed by atoms with Crippen molar-refractivity contribution in [3.63, 3.8) is 0 Å². The van der Waals surface area contributed by atoms with E-state index in [1.165, 1.54) is 11.3 Å². The van der Waals surface area contributed by atoms with Gasteiger partial charge in [0.25, 0.3) is 0 Å². The monoisotopic (exact) mass is 283 g/mol. The van der Waals surface area contributed by atoms with Crippen molar-refractivity contribution in [3.8, 4) is 6.07 Å². The Morgan fingerprint density at radius 3 is 2.60 bits per heavy atom. The van der Waals surface area contributed by atoms with Gasteiger partial charge in [0.2, 0.25) is 0 Å². The van der Waals surface area contributed by atoms with Gasteiger partial charge in [-0.05, 0) is 36.8 Å². The summed E-state index contributed by atoms with van der Waals surface area (Å²) in [4.78, 5) is 4.55. The van der Waals surface area contributed by atoms with Crippen molar-refractivity contribution in [1.82, 2.24) is 9.38 Å². The standard InChI is InChI=1S/C16H13N3.ClH/c1-12-15(19-9-3-2-4-16(19)18-12)10-13-5-7-14(11-17)8-6-13;/h2-9H,10H2,1H3;1H. The number of nitrogens with zero attached hydrogens (tertiary/aromatic N) is 3. The first-order valence-electron chi connectivity index (χ1n) is 6.19. The summed E-state index contributed by atoms with van der Waals surface area (Å²) in [5.74, 6) is 0. The zero-order valence-electron chi connectivity index (χ0n) is 11.1. The van der Waals surface area contributed by atoms with Crippen LogP contribution in [0.5, 0.6) is 0 Å². The molecule has 0 amide bonds. The number of imidazole rings is 1. The van der Waals surface area contributed by atoms with Gasteiger partial charge in [-0.2, -0.15) is 5.26 Å². The van der Waals surface area contributed by atoms with Crippen molar-refractivity contribution < 1.29 is 0 Å². The van der Waals surface area contributed by atoms with E-state index < -0.39 is 0 Å². The number of fused-ring (bicyclic) bond motifs is 1. The highest BCUT2D eigenvalue weighted by Crippen LogP contribution is 2.16. The molecule has 0 aliphatic heterocycles. The van der Waals surface area contributed by atoms with E-state index in [2.05, 4.69) is 15.5 Å². The maximum Gasteiger partial charge on any atom is 0.137 e. The van der Waals surface area contributed by atoms with Gasteiger partial charge in [-0.3, -0.25) is 0 Å². The number of aromatic nitrogens is 2. The lowest BCUT2D eigenvalue weighted by Gasteiger charge is -2.03. The first kappa shape index (κ1) is 14.1. The van der Waals surface area contributed by atoms with Gasteiger partial charge in [-0.15, -0.1) is 12.4 Å². The minimum absolute atomic E-state index is 0. The largest absolute Gasteiger partial charge is 0.303 e. The Kier molecular flexibility index (Phi) is 4.07. The normalized spacial score (nSPS) is 10.0. The number of nitriles is 1. The summed E-state index contributed by atoms with van der Waals surface area (Å²) in [6.07, 6.45) is 2.86. The molecule has 0 saturated carbocycles. The maximum absolute atomic E-state index is 8.81. The van der Waals surface area contributed by atoms with Gasteiger partial charge in [0.1, 0.15) is 5.65 Å². The van der Waals surface area contributed by atoms with Crippen LogP contribution in [0.15, 0.2) is 48.7 Å². The predicted octanol–water partition coefficient (Wildman–Crippen LogP) is 3.53. The van der Waals surface area contributed by atoms with Gasteiger partial charge in [0.15, 0.2) is 0 Å². The maximum atomic E-state index is 8.81. The van der Waals surface area contributed by atoms with Crippen LogP contribution in [0.3, 0.4) is 0 Å². The Morgan fingerprint density at radius 1 is 1.15 bits per heavy atom. The Morgan fingerprint density at radius 2 is 1.90 bits per heavy atom. The van der Waals surface area contributed by atoms with Gasteiger partial charge in [-0.25, -0.2) is 4.98 Å². The van der Waals surface area contributed by atoms with Crippen LogP contribution in [-0.2, 0) is 6.42 Å². The fourth-order valence-electron chi connectivity index (χ4n) is 2.27. The quantitative estimate of drug-likeness (QED) is 0.722. The van der Waals surface area contributed by atoms with Gasteiger partial charge < -0.3 is 4.40 Å². The number of aryl methyl sites for hydroxylation is 1. The van der Waals surface area contributed by atoms with E-state index in [-0.39, 0.29) is 12.4 Å². The SMILES string of the molecule is Cc1nc2ccccn2c1Cc1ccc(C#N)cc1.Cl. The lowest BCUT2D eigenvalue weighted by molar-refractivity contribution is 1.01. The topological polar surface area (TPSA) is 41.1 Å². The highest BCUT2D eigenvalue weighted by molar-refractivity contribution is 5.85. The molecule has 0 spiro atoms. The molecule has 4 heteroatoms. The molecule has 3 nitrogen and oxygen atoms in total. The van der Waals surface area contributed by atoms with E-state index in [4.69, 9.17) is 5.26 Å². The summed E-state index contributed by atoms with van der Waals surface area (Å²) in [7, 11) is 0. The third-order valence-corrected chi connectivity index (χ3v) is 3.28. The summed E-state index contributed by atoms with van der Waals surface area (Å²) < 4.78 is 2.12. The average molecular weight is 284 g/mol. The van der Waals surface area contributed by atoms with Crippen molar-refractivity contribution in [2.24, 2.45) is 0 Å². The Balaban J connectivity index is 0.00000147. The van der Waals surface area contributed by atoms with E-state index in [1.807, 2.05) is 55.6 Å². The highest BCUT2D eigenvalue weighted by atomic mass is 35.5. The van der Waals surface area contributed by atoms with Crippen LogP contribution < -0.4 is 0 Å². The second-order valence-corrected chi connectivity index (χ2v) is 4.56. The fourth-order valence-corrected chi connectivity index (χ4v) is 2.27. The van der Waals surface area contributed by atoms with Crippen molar-refractivity contribution >= 4 is 18.1 Å².